The highest BCUT2D eigenvalue weighted by molar-refractivity contribution is 5.66. The van der Waals surface area contributed by atoms with Crippen molar-refractivity contribution in [1.29, 1.82) is 0 Å². The van der Waals surface area contributed by atoms with Gasteiger partial charge in [0.25, 0.3) is 0 Å². The topological polar surface area (TPSA) is 59.0 Å². The summed E-state index contributed by atoms with van der Waals surface area (Å²) in [5.74, 6) is -0.426. The van der Waals surface area contributed by atoms with Crippen LogP contribution in [0.15, 0.2) is 5.29 Å². The first-order valence-corrected chi connectivity index (χ1v) is 4.09. The molecule has 1 atom stereocenters. The second kappa shape index (κ2) is 4.20. The van der Waals surface area contributed by atoms with Crippen LogP contribution in [0.5, 0.6) is 0 Å². The molecule has 0 aromatic heterocycles. The predicted octanol–water partition coefficient (Wildman–Crippen LogP) is 1.68. The third kappa shape index (κ3) is 3.87. The van der Waals surface area contributed by atoms with E-state index in [4.69, 9.17) is 4.74 Å². The lowest BCUT2D eigenvalue weighted by Gasteiger charge is -2.33. The monoisotopic (exact) mass is 188 g/mol. The summed E-state index contributed by atoms with van der Waals surface area (Å²) in [5, 5.41) is 4.02. The van der Waals surface area contributed by atoms with E-state index in [1.54, 1.807) is 6.92 Å². The molecule has 0 N–H and O–H groups in total. The highest BCUT2D eigenvalue weighted by atomic mass is 16.6. The molecule has 0 radical (unpaired) electrons. The maximum absolute atomic E-state index is 10.6. The fourth-order valence-corrected chi connectivity index (χ4v) is 1.02. The molecule has 0 spiro atoms. The Morgan fingerprint density at radius 3 is 2.15 bits per heavy atom. The number of hydrogen-bond donors (Lipinski definition) is 0. The molecule has 0 aliphatic rings. The first-order chi connectivity index (χ1) is 5.79. The van der Waals surface area contributed by atoms with Crippen molar-refractivity contribution in [2.75, 3.05) is 0 Å². The average Bonchev–Trinajstić information content (AvgIpc) is 1.82. The van der Waals surface area contributed by atoms with E-state index in [2.05, 4.69) is 5.29 Å². The Kier molecular flexibility index (Phi) is 3.84. The molecule has 0 saturated heterocycles. The minimum atomic E-state index is -0.630. The van der Waals surface area contributed by atoms with E-state index in [0.717, 1.165) is 0 Å². The highest BCUT2D eigenvalue weighted by Crippen LogP contribution is 2.17. The van der Waals surface area contributed by atoms with Gasteiger partial charge in [0.2, 0.25) is 0 Å². The Bertz CT molecular complexity index is 198. The summed E-state index contributed by atoms with van der Waals surface area (Å²) < 4.78 is 4.82. The van der Waals surface area contributed by atoms with Gasteiger partial charge in [-0.3, -0.25) is 4.79 Å². The lowest BCUT2D eigenvalue weighted by atomic mass is 10.1. The smallest absolute Gasteiger partial charge is 0.304 e. The Morgan fingerprint density at radius 2 is 1.92 bits per heavy atom. The number of ether oxygens (including phenoxy) is 1. The van der Waals surface area contributed by atoms with Crippen LogP contribution in [-0.2, 0) is 9.53 Å². The van der Waals surface area contributed by atoms with E-state index in [9.17, 15) is 9.70 Å². The molecule has 0 aliphatic heterocycles. The molecule has 0 aromatic carbocycles. The van der Waals surface area contributed by atoms with E-state index in [1.165, 1.54) is 11.9 Å². The predicted molar refractivity (Wildman–Crippen MR) is 48.6 cm³/mol. The van der Waals surface area contributed by atoms with Crippen molar-refractivity contribution >= 4 is 5.97 Å². The molecule has 1 unspecified atom stereocenters. The molecule has 0 amide bonds. The molecular weight excluding hydrogens is 172 g/mol. The number of hydrogen-bond acceptors (Lipinski definition) is 4. The van der Waals surface area contributed by atoms with Crippen LogP contribution >= 0.6 is 0 Å². The normalized spacial score (nSPS) is 13.3. The van der Waals surface area contributed by atoms with Gasteiger partial charge >= 0.3 is 5.97 Å². The summed E-state index contributed by atoms with van der Waals surface area (Å²) in [5.41, 5.74) is -0.448. The highest BCUT2D eigenvalue weighted by Gasteiger charge is 2.27. The second-order valence-electron chi connectivity index (χ2n) is 3.81. The molecular formula is C8H16N2O3. The molecule has 0 fully saturated rings. The number of nitroso groups, excluding NO2 is 1. The summed E-state index contributed by atoms with van der Waals surface area (Å²) in [6, 6.07) is 0. The van der Waals surface area contributed by atoms with Gasteiger partial charge in [-0.1, -0.05) is 0 Å². The molecule has 0 bridgehead atoms. The van der Waals surface area contributed by atoms with Gasteiger partial charge in [-0.05, 0) is 27.7 Å². The Labute approximate surface area is 78.0 Å². The standard InChI is InChI=1S/C8H16N2O3/c1-6(13-7(2)11)10(9-12)8(3,4)5/h6H,1-5H3. The Hall–Kier alpha value is -1.13. The molecule has 0 saturated carbocycles. The number of carbonyl (C=O) groups excluding carboxylic acids is 1. The zero-order chi connectivity index (χ0) is 10.6. The van der Waals surface area contributed by atoms with Gasteiger partial charge in [-0.25, -0.2) is 5.01 Å². The van der Waals surface area contributed by atoms with Crippen molar-refractivity contribution in [2.24, 2.45) is 5.29 Å². The third-order valence-electron chi connectivity index (χ3n) is 1.46. The SMILES string of the molecule is CC(=O)OC(C)N(N=O)C(C)(C)C. The number of nitrogens with zero attached hydrogens (tertiary/aromatic N) is 2. The van der Waals surface area contributed by atoms with E-state index in [-0.39, 0.29) is 0 Å². The number of esters is 1. The second-order valence-corrected chi connectivity index (χ2v) is 3.81. The summed E-state index contributed by atoms with van der Waals surface area (Å²) >= 11 is 0. The van der Waals surface area contributed by atoms with Crippen molar-refractivity contribution in [3.63, 3.8) is 0 Å². The van der Waals surface area contributed by atoms with Gasteiger partial charge in [0.05, 0.1) is 10.8 Å². The molecule has 0 aliphatic carbocycles. The summed E-state index contributed by atoms with van der Waals surface area (Å²) in [4.78, 5) is 21.1. The van der Waals surface area contributed by atoms with E-state index in [0.29, 0.717) is 0 Å². The van der Waals surface area contributed by atoms with Crippen LogP contribution < -0.4 is 0 Å². The molecule has 0 heterocycles. The van der Waals surface area contributed by atoms with Crippen LogP contribution in [0.2, 0.25) is 0 Å². The van der Waals surface area contributed by atoms with E-state index in [1.807, 2.05) is 20.8 Å². The van der Waals surface area contributed by atoms with Crippen LogP contribution in [0.4, 0.5) is 0 Å². The van der Waals surface area contributed by atoms with Crippen LogP contribution in [-0.4, -0.2) is 22.7 Å². The third-order valence-corrected chi connectivity index (χ3v) is 1.46. The molecule has 5 nitrogen and oxygen atoms in total. The first kappa shape index (κ1) is 11.9. The lowest BCUT2D eigenvalue weighted by molar-refractivity contribution is -0.160. The average molecular weight is 188 g/mol. The fourth-order valence-electron chi connectivity index (χ4n) is 1.02. The summed E-state index contributed by atoms with van der Waals surface area (Å²) in [7, 11) is 0. The quantitative estimate of drug-likeness (QED) is 0.292. The van der Waals surface area contributed by atoms with Crippen molar-refractivity contribution in [2.45, 2.75) is 46.4 Å². The fraction of sp³-hybridized carbons (Fsp3) is 0.875. The molecule has 5 heteroatoms. The van der Waals surface area contributed by atoms with Crippen molar-refractivity contribution in [3.8, 4) is 0 Å². The summed E-state index contributed by atoms with van der Waals surface area (Å²) in [6.07, 6.45) is -0.630. The maximum atomic E-state index is 10.6. The minimum absolute atomic E-state index is 0.426. The zero-order valence-corrected chi connectivity index (χ0v) is 8.70. The van der Waals surface area contributed by atoms with Gasteiger partial charge < -0.3 is 4.74 Å². The lowest BCUT2D eigenvalue weighted by Crippen LogP contribution is -2.44. The van der Waals surface area contributed by atoms with Crippen molar-refractivity contribution in [1.82, 2.24) is 5.01 Å². The van der Waals surface area contributed by atoms with Gasteiger partial charge in [0.1, 0.15) is 0 Å². The van der Waals surface area contributed by atoms with Crippen LogP contribution in [0.1, 0.15) is 34.6 Å². The largest absolute Gasteiger partial charge is 0.440 e. The van der Waals surface area contributed by atoms with E-state index < -0.39 is 17.7 Å². The van der Waals surface area contributed by atoms with Crippen LogP contribution in [0.25, 0.3) is 0 Å². The molecule has 76 valence electrons. The van der Waals surface area contributed by atoms with E-state index >= 15 is 0 Å². The molecule has 0 rings (SSSR count). The zero-order valence-electron chi connectivity index (χ0n) is 8.70. The van der Waals surface area contributed by atoms with Crippen molar-refractivity contribution < 1.29 is 9.53 Å². The Balaban J connectivity index is 4.41. The summed E-state index contributed by atoms with van der Waals surface area (Å²) in [6.45, 7) is 8.34. The van der Waals surface area contributed by atoms with Gasteiger partial charge in [-0.15, -0.1) is 4.91 Å². The van der Waals surface area contributed by atoms with Crippen LogP contribution in [0, 0.1) is 4.91 Å². The first-order valence-electron chi connectivity index (χ1n) is 4.09. The van der Waals surface area contributed by atoms with Gasteiger partial charge in [-0.2, -0.15) is 0 Å². The minimum Gasteiger partial charge on any atom is -0.440 e. The number of rotatable bonds is 3. The van der Waals surface area contributed by atoms with Crippen LogP contribution in [0.3, 0.4) is 0 Å². The molecule has 13 heavy (non-hydrogen) atoms. The maximum Gasteiger partial charge on any atom is 0.304 e. The molecule has 0 aromatic rings. The van der Waals surface area contributed by atoms with Gasteiger partial charge in [0.15, 0.2) is 6.23 Å². The van der Waals surface area contributed by atoms with Gasteiger partial charge in [0, 0.05) is 6.92 Å². The van der Waals surface area contributed by atoms with Crippen molar-refractivity contribution in [3.05, 3.63) is 4.91 Å². The Morgan fingerprint density at radius 1 is 1.46 bits per heavy atom. The number of carbonyl (C=O) groups is 1.